The fourth-order valence-electron chi connectivity index (χ4n) is 12.4. The summed E-state index contributed by atoms with van der Waals surface area (Å²) < 4.78 is 23.5. The van der Waals surface area contributed by atoms with E-state index in [0.29, 0.717) is 0 Å². The number of nitrogens with zero attached hydrogens (tertiary/aromatic N) is 4. The van der Waals surface area contributed by atoms with Gasteiger partial charge in [-0.25, -0.2) is 9.97 Å². The van der Waals surface area contributed by atoms with Crippen molar-refractivity contribution in [3.63, 3.8) is 0 Å². The van der Waals surface area contributed by atoms with Crippen LogP contribution in [0.15, 0.2) is 191 Å². The highest BCUT2D eigenvalue weighted by atomic mass is 32.1. The van der Waals surface area contributed by atoms with E-state index in [9.17, 15) is 0 Å². The summed E-state index contributed by atoms with van der Waals surface area (Å²) in [5.74, 6) is 0. The van der Waals surface area contributed by atoms with Crippen LogP contribution in [-0.2, 0) is 0 Å². The molecule has 6 nitrogen and oxygen atoms in total. The second kappa shape index (κ2) is 12.6. The average Bonchev–Trinajstić information content (AvgIpc) is 4.27. The first kappa shape index (κ1) is 36.3. The summed E-state index contributed by atoms with van der Waals surface area (Å²) in [5, 5.41) is 16.2. The topological polar surface area (TPSA) is 60.9 Å². The van der Waals surface area contributed by atoms with Crippen LogP contribution in [0.5, 0.6) is 0 Å². The van der Waals surface area contributed by atoms with Crippen molar-refractivity contribution >= 4 is 184 Å². The third-order valence-electron chi connectivity index (χ3n) is 15.2. The van der Waals surface area contributed by atoms with Crippen LogP contribution in [0.25, 0.3) is 172 Å². The molecule has 0 aliphatic carbocycles. The minimum Gasteiger partial charge on any atom is -0.456 e. The Bertz CT molecular complexity index is 5450. The van der Waals surface area contributed by atoms with Gasteiger partial charge in [-0.15, -0.1) is 22.7 Å². The second-order valence-corrected chi connectivity index (χ2v) is 20.8. The summed E-state index contributed by atoms with van der Waals surface area (Å²) in [7, 11) is 0. The molecule has 0 atom stereocenters. The lowest BCUT2D eigenvalue weighted by molar-refractivity contribution is 0.669. The van der Waals surface area contributed by atoms with Gasteiger partial charge in [-0.2, -0.15) is 0 Å². The Kier molecular flexibility index (Phi) is 6.54. The van der Waals surface area contributed by atoms with Gasteiger partial charge in [0.2, 0.25) is 0 Å². The van der Waals surface area contributed by atoms with E-state index in [0.717, 1.165) is 110 Å². The number of hydrogen-bond donors (Lipinski definition) is 0. The second-order valence-electron chi connectivity index (χ2n) is 18.7. The Labute approximate surface area is 402 Å². The lowest BCUT2D eigenvalue weighted by atomic mass is 9.94. The van der Waals surface area contributed by atoms with Crippen molar-refractivity contribution < 1.29 is 8.83 Å². The van der Waals surface area contributed by atoms with Crippen LogP contribution in [0.3, 0.4) is 0 Å². The maximum Gasteiger partial charge on any atom is 0.147 e. The summed E-state index contributed by atoms with van der Waals surface area (Å²) in [5.41, 5.74) is 13.6. The maximum absolute atomic E-state index is 7.07. The molecule has 18 aromatic rings. The number of benzene rings is 10. The minimum atomic E-state index is 0.835. The quantitative estimate of drug-likeness (QED) is 0.154. The molecular formula is C62H30N4O2S2. The summed E-state index contributed by atoms with van der Waals surface area (Å²) in [6.07, 6.45) is 0. The number of pyridine rings is 2. The molecule has 8 heterocycles. The molecule has 10 aromatic carbocycles. The molecule has 0 radical (unpaired) electrons. The van der Waals surface area contributed by atoms with Crippen molar-refractivity contribution in [1.82, 2.24) is 18.8 Å². The molecule has 0 N–H and O–H groups in total. The van der Waals surface area contributed by atoms with E-state index in [1.807, 2.05) is 28.7 Å². The van der Waals surface area contributed by atoms with Crippen LogP contribution in [0.2, 0.25) is 0 Å². The first-order valence-corrected chi connectivity index (χ1v) is 25.2. The van der Waals surface area contributed by atoms with Gasteiger partial charge in [-0.3, -0.25) is 8.80 Å². The van der Waals surface area contributed by atoms with E-state index in [4.69, 9.17) is 18.8 Å². The van der Waals surface area contributed by atoms with Gasteiger partial charge in [0.15, 0.2) is 0 Å². The highest BCUT2D eigenvalue weighted by molar-refractivity contribution is 7.27. The third kappa shape index (κ3) is 4.37. The fourth-order valence-corrected chi connectivity index (χ4v) is 14.7. The molecule has 0 bridgehead atoms. The predicted molar refractivity (Wildman–Crippen MR) is 295 cm³/mol. The maximum atomic E-state index is 7.07. The van der Waals surface area contributed by atoms with Gasteiger partial charge in [0.05, 0.1) is 37.8 Å². The van der Waals surface area contributed by atoms with E-state index in [-0.39, 0.29) is 0 Å². The van der Waals surface area contributed by atoms with E-state index < -0.39 is 0 Å². The molecule has 0 aliphatic heterocycles. The standard InChI is InChI=1S/C62H30N4O2S2/c1-7-17-46-37(12-1)52-48(67-46)27-24-33-34-22-23-36-32-11-3-9-19-49(32)70-60(36)58(34)66-45-26-21-31(29-43(45)64-61(66)55(33)52)40-30-41-35-25-28-51-53(39-14-4-10-20-50(39)69-51)57(35)65-44-16-6-5-15-42(44)63-62(65)56(41)54-38-13-2-8-18-47(38)68-59(40)54/h1-30H. The Morgan fingerprint density at radius 2 is 0.986 bits per heavy atom. The molecular weight excluding hydrogens is 897 g/mol. The lowest BCUT2D eigenvalue weighted by Crippen LogP contribution is -1.94. The van der Waals surface area contributed by atoms with Gasteiger partial charge in [0.25, 0.3) is 0 Å². The number of furan rings is 2. The molecule has 0 amide bonds. The van der Waals surface area contributed by atoms with Crippen LogP contribution in [0.4, 0.5) is 0 Å². The van der Waals surface area contributed by atoms with Crippen LogP contribution >= 0.6 is 22.7 Å². The number of thiophene rings is 2. The van der Waals surface area contributed by atoms with E-state index in [1.54, 1.807) is 0 Å². The van der Waals surface area contributed by atoms with Crippen molar-refractivity contribution in [1.29, 1.82) is 0 Å². The van der Waals surface area contributed by atoms with Crippen molar-refractivity contribution in [3.8, 4) is 11.1 Å². The zero-order valence-electron chi connectivity index (χ0n) is 36.7. The molecule has 70 heavy (non-hydrogen) atoms. The molecule has 8 aromatic heterocycles. The third-order valence-corrected chi connectivity index (χ3v) is 17.6. The van der Waals surface area contributed by atoms with Gasteiger partial charge in [0, 0.05) is 84.3 Å². The average molecular weight is 927 g/mol. The largest absolute Gasteiger partial charge is 0.456 e. The molecule has 0 fully saturated rings. The van der Waals surface area contributed by atoms with Gasteiger partial charge in [-0.1, -0.05) is 109 Å². The van der Waals surface area contributed by atoms with Gasteiger partial charge >= 0.3 is 0 Å². The van der Waals surface area contributed by atoms with Crippen LogP contribution in [0.1, 0.15) is 0 Å². The molecule has 0 aliphatic rings. The highest BCUT2D eigenvalue weighted by Gasteiger charge is 2.26. The first-order chi connectivity index (χ1) is 34.7. The lowest BCUT2D eigenvalue weighted by Gasteiger charge is -2.14. The Morgan fingerprint density at radius 3 is 1.86 bits per heavy atom. The molecule has 322 valence electrons. The smallest absolute Gasteiger partial charge is 0.147 e. The van der Waals surface area contributed by atoms with Crippen LogP contribution < -0.4 is 0 Å². The number of aromatic nitrogens is 4. The van der Waals surface area contributed by atoms with Crippen molar-refractivity contribution in [2.24, 2.45) is 0 Å². The number of para-hydroxylation sites is 4. The number of fused-ring (bicyclic) bond motifs is 32. The zero-order valence-corrected chi connectivity index (χ0v) is 38.4. The number of imidazole rings is 2. The minimum absolute atomic E-state index is 0.835. The summed E-state index contributed by atoms with van der Waals surface area (Å²) in [6, 6.07) is 65.8. The Hall–Kier alpha value is -8.82. The van der Waals surface area contributed by atoms with E-state index in [2.05, 4.69) is 185 Å². The molecule has 0 saturated heterocycles. The molecule has 0 saturated carbocycles. The summed E-state index contributed by atoms with van der Waals surface area (Å²) >= 11 is 3.71. The molecule has 0 spiro atoms. The van der Waals surface area contributed by atoms with Crippen molar-refractivity contribution in [2.45, 2.75) is 0 Å². The van der Waals surface area contributed by atoms with Gasteiger partial charge < -0.3 is 8.83 Å². The Balaban J connectivity index is 1.02. The summed E-state index contributed by atoms with van der Waals surface area (Å²) in [4.78, 5) is 11.2. The van der Waals surface area contributed by atoms with E-state index >= 15 is 0 Å². The van der Waals surface area contributed by atoms with Crippen LogP contribution in [-0.4, -0.2) is 18.8 Å². The zero-order chi connectivity index (χ0) is 45.1. The molecule has 0 unspecified atom stereocenters. The predicted octanol–water partition coefficient (Wildman–Crippen LogP) is 18.1. The fraction of sp³-hybridized carbons (Fsp3) is 0. The van der Waals surface area contributed by atoms with Gasteiger partial charge in [0.1, 0.15) is 33.6 Å². The molecule has 8 heteroatoms. The Morgan fingerprint density at radius 1 is 0.357 bits per heavy atom. The summed E-state index contributed by atoms with van der Waals surface area (Å²) in [6.45, 7) is 0. The van der Waals surface area contributed by atoms with Crippen LogP contribution in [0, 0.1) is 0 Å². The number of hydrogen-bond acceptors (Lipinski definition) is 6. The monoisotopic (exact) mass is 926 g/mol. The van der Waals surface area contributed by atoms with Crippen molar-refractivity contribution in [3.05, 3.63) is 182 Å². The van der Waals surface area contributed by atoms with Gasteiger partial charge in [-0.05, 0) is 89.1 Å². The normalized spacial score (nSPS) is 12.9. The number of rotatable bonds is 1. The van der Waals surface area contributed by atoms with Crippen molar-refractivity contribution in [2.75, 3.05) is 0 Å². The SMILES string of the molecule is c1ccc2c(c1)nc1c3c(cc(-c4ccc5c(c4)nc4c6c(ccc7oc8ccccc8c76)c6ccc7c8ccccc8sc7c6n54)c4oc5ccccc5c43)c3ccc4sc5ccccc5c4c3n21. The molecule has 18 rings (SSSR count). The van der Waals surface area contributed by atoms with E-state index in [1.165, 1.54) is 62.2 Å². The first-order valence-electron chi connectivity index (χ1n) is 23.6. The highest BCUT2D eigenvalue weighted by Crippen LogP contribution is 2.50.